The first-order valence-corrected chi connectivity index (χ1v) is 12.4. The summed E-state index contributed by atoms with van der Waals surface area (Å²) in [4.78, 5) is 27.8. The third-order valence-corrected chi connectivity index (χ3v) is 5.66. The first-order valence-electron chi connectivity index (χ1n) is 12.4. The van der Waals surface area contributed by atoms with Gasteiger partial charge in [0, 0.05) is 23.5 Å². The molecule has 208 valence electrons. The van der Waals surface area contributed by atoms with E-state index < -0.39 is 23.7 Å². The molecule has 0 aliphatic carbocycles. The van der Waals surface area contributed by atoms with Crippen molar-refractivity contribution in [3.8, 4) is 28.2 Å². The van der Waals surface area contributed by atoms with Gasteiger partial charge in [0.1, 0.15) is 0 Å². The van der Waals surface area contributed by atoms with E-state index in [1.807, 2.05) is 13.8 Å². The molecule has 1 amide bonds. The maximum Gasteiger partial charge on any atom is 0.433 e. The molecule has 0 aliphatic rings. The predicted octanol–water partition coefficient (Wildman–Crippen LogP) is 6.39. The van der Waals surface area contributed by atoms with Crippen molar-refractivity contribution in [3.63, 3.8) is 0 Å². The summed E-state index contributed by atoms with van der Waals surface area (Å²) in [5.41, 5.74) is 1.24. The Morgan fingerprint density at radius 1 is 0.829 bits per heavy atom. The summed E-state index contributed by atoms with van der Waals surface area (Å²) in [7, 11) is 0. The molecule has 0 bridgehead atoms. The number of carbonyl (C=O) groups excluding carboxylic acids is 1. The van der Waals surface area contributed by atoms with Gasteiger partial charge in [0.15, 0.2) is 17.3 Å². The second-order valence-electron chi connectivity index (χ2n) is 8.26. The standard InChI is InChI=1S/C27H17F3N6O3.C2H6/c28-27(29,30)22-14-21(20-5-2-12-31-15-20)35-36(22)24-11-10-23(33-34-24)32-25(37)19-4-1-3-18(13-19)16-6-8-17(9-7-16)26(38)39;1-2/h1-15H,(H,38,39)(H,32,33,37);1-2H3. The van der Waals surface area contributed by atoms with Crippen LogP contribution in [-0.2, 0) is 6.18 Å². The van der Waals surface area contributed by atoms with Gasteiger partial charge in [0.2, 0.25) is 0 Å². The lowest BCUT2D eigenvalue weighted by Crippen LogP contribution is -2.16. The van der Waals surface area contributed by atoms with Crippen LogP contribution in [-0.4, -0.2) is 41.9 Å². The second-order valence-corrected chi connectivity index (χ2v) is 8.26. The lowest BCUT2D eigenvalue weighted by Gasteiger charge is -2.10. The average Bonchev–Trinajstić information content (AvgIpc) is 3.46. The van der Waals surface area contributed by atoms with Crippen molar-refractivity contribution >= 4 is 17.7 Å². The number of halogens is 3. The molecule has 0 aliphatic heterocycles. The number of rotatable bonds is 6. The third kappa shape index (κ3) is 6.61. The number of carbonyl (C=O) groups is 2. The molecule has 0 saturated heterocycles. The van der Waals surface area contributed by atoms with Gasteiger partial charge in [-0.3, -0.25) is 9.78 Å². The van der Waals surface area contributed by atoms with Crippen molar-refractivity contribution in [3.05, 3.63) is 108 Å². The molecule has 0 spiro atoms. The molecule has 0 atom stereocenters. The molecule has 0 saturated carbocycles. The zero-order valence-corrected chi connectivity index (χ0v) is 21.8. The number of carboxylic acid groups (broad SMARTS) is 1. The number of aromatic carboxylic acids is 1. The van der Waals surface area contributed by atoms with E-state index in [4.69, 9.17) is 5.11 Å². The predicted molar refractivity (Wildman–Crippen MR) is 146 cm³/mol. The van der Waals surface area contributed by atoms with Gasteiger partial charge in [-0.05, 0) is 65.7 Å². The molecule has 5 rings (SSSR count). The molecule has 0 fully saturated rings. The Kier molecular flexibility index (Phi) is 8.51. The quantitative estimate of drug-likeness (QED) is 0.247. The molecule has 9 nitrogen and oxygen atoms in total. The molecular formula is C29H23F3N6O3. The fourth-order valence-electron chi connectivity index (χ4n) is 3.75. The Balaban J connectivity index is 0.00000189. The Bertz CT molecular complexity index is 1650. The van der Waals surface area contributed by atoms with E-state index in [0.29, 0.717) is 21.4 Å². The van der Waals surface area contributed by atoms with Gasteiger partial charge in [-0.2, -0.15) is 18.3 Å². The van der Waals surface area contributed by atoms with Gasteiger partial charge >= 0.3 is 12.1 Å². The molecular weight excluding hydrogens is 537 g/mol. The fraction of sp³-hybridized carbons (Fsp3) is 0.103. The second kappa shape index (κ2) is 12.2. The maximum atomic E-state index is 13.7. The van der Waals surface area contributed by atoms with E-state index in [9.17, 15) is 22.8 Å². The number of aromatic nitrogens is 5. The van der Waals surface area contributed by atoms with Crippen LogP contribution in [0, 0.1) is 0 Å². The highest BCUT2D eigenvalue weighted by atomic mass is 19.4. The summed E-state index contributed by atoms with van der Waals surface area (Å²) < 4.78 is 41.8. The highest BCUT2D eigenvalue weighted by Gasteiger charge is 2.37. The largest absolute Gasteiger partial charge is 0.478 e. The van der Waals surface area contributed by atoms with Crippen LogP contribution in [0.3, 0.4) is 0 Å². The number of nitrogens with zero attached hydrogens (tertiary/aromatic N) is 5. The van der Waals surface area contributed by atoms with Gasteiger partial charge in [-0.25, -0.2) is 9.48 Å². The molecule has 5 aromatic rings. The highest BCUT2D eigenvalue weighted by molar-refractivity contribution is 6.04. The number of hydrogen-bond donors (Lipinski definition) is 2. The average molecular weight is 561 g/mol. The van der Waals surface area contributed by atoms with Gasteiger partial charge in [0.25, 0.3) is 5.91 Å². The van der Waals surface area contributed by atoms with Crippen LogP contribution >= 0.6 is 0 Å². The Morgan fingerprint density at radius 2 is 1.56 bits per heavy atom. The summed E-state index contributed by atoms with van der Waals surface area (Å²) in [6, 6.07) is 19.5. The van der Waals surface area contributed by atoms with Gasteiger partial charge < -0.3 is 10.4 Å². The minimum Gasteiger partial charge on any atom is -0.478 e. The number of anilines is 1. The minimum atomic E-state index is -4.71. The molecule has 2 N–H and O–H groups in total. The normalized spacial score (nSPS) is 10.9. The highest BCUT2D eigenvalue weighted by Crippen LogP contribution is 2.33. The number of benzene rings is 2. The molecule has 41 heavy (non-hydrogen) atoms. The first-order chi connectivity index (χ1) is 19.7. The topological polar surface area (TPSA) is 123 Å². The minimum absolute atomic E-state index is 0.0214. The molecule has 0 radical (unpaired) electrons. The Morgan fingerprint density at radius 3 is 2.17 bits per heavy atom. The zero-order chi connectivity index (χ0) is 29.6. The summed E-state index contributed by atoms with van der Waals surface area (Å²) in [6.07, 6.45) is -1.81. The lowest BCUT2D eigenvalue weighted by molar-refractivity contribution is -0.142. The zero-order valence-electron chi connectivity index (χ0n) is 21.8. The van der Waals surface area contributed by atoms with Crippen LogP contribution < -0.4 is 5.32 Å². The Hall–Kier alpha value is -5.39. The molecule has 2 aromatic carbocycles. The number of hydrogen-bond acceptors (Lipinski definition) is 6. The number of alkyl halides is 3. The van der Waals surface area contributed by atoms with Crippen molar-refractivity contribution in [1.29, 1.82) is 0 Å². The SMILES string of the molecule is CC.O=C(O)c1ccc(-c2cccc(C(=O)Nc3ccc(-n4nc(-c5cccnc5)cc4C(F)(F)F)nn3)c2)cc1. The Labute approximate surface area is 232 Å². The van der Waals surface area contributed by atoms with Crippen molar-refractivity contribution in [1.82, 2.24) is 25.0 Å². The van der Waals surface area contributed by atoms with Crippen LogP contribution in [0.5, 0.6) is 0 Å². The molecule has 3 aromatic heterocycles. The van der Waals surface area contributed by atoms with Crippen LogP contribution in [0.2, 0.25) is 0 Å². The van der Waals surface area contributed by atoms with Crippen molar-refractivity contribution in [2.75, 3.05) is 5.32 Å². The van der Waals surface area contributed by atoms with Gasteiger partial charge in [-0.1, -0.05) is 38.1 Å². The van der Waals surface area contributed by atoms with Crippen molar-refractivity contribution in [2.24, 2.45) is 0 Å². The van der Waals surface area contributed by atoms with E-state index in [1.165, 1.54) is 36.7 Å². The molecule has 0 unspecified atom stereocenters. The number of carboxylic acids is 1. The molecule has 12 heteroatoms. The van der Waals surface area contributed by atoms with E-state index >= 15 is 0 Å². The smallest absolute Gasteiger partial charge is 0.433 e. The number of amides is 1. The molecule has 3 heterocycles. The summed E-state index contributed by atoms with van der Waals surface area (Å²) in [5, 5.41) is 23.4. The first kappa shape index (κ1) is 28.6. The van der Waals surface area contributed by atoms with Crippen molar-refractivity contribution < 1.29 is 27.9 Å². The van der Waals surface area contributed by atoms with Gasteiger partial charge in [-0.15, -0.1) is 10.2 Å². The van der Waals surface area contributed by atoms with Crippen LogP contribution in [0.25, 0.3) is 28.2 Å². The van der Waals surface area contributed by atoms with E-state index in [2.05, 4.69) is 25.6 Å². The maximum absolute atomic E-state index is 13.7. The fourth-order valence-corrected chi connectivity index (χ4v) is 3.75. The number of pyridine rings is 1. The lowest BCUT2D eigenvalue weighted by atomic mass is 10.0. The van der Waals surface area contributed by atoms with E-state index in [1.54, 1.807) is 48.5 Å². The van der Waals surface area contributed by atoms with E-state index in [0.717, 1.165) is 6.07 Å². The monoisotopic (exact) mass is 560 g/mol. The van der Waals surface area contributed by atoms with Crippen LogP contribution in [0.15, 0.2) is 91.3 Å². The van der Waals surface area contributed by atoms with Crippen LogP contribution in [0.1, 0.15) is 40.3 Å². The van der Waals surface area contributed by atoms with Crippen molar-refractivity contribution in [2.45, 2.75) is 20.0 Å². The number of nitrogens with one attached hydrogen (secondary N) is 1. The third-order valence-electron chi connectivity index (χ3n) is 5.66. The summed E-state index contributed by atoms with van der Waals surface area (Å²) in [6.45, 7) is 4.00. The van der Waals surface area contributed by atoms with E-state index in [-0.39, 0.29) is 28.5 Å². The summed E-state index contributed by atoms with van der Waals surface area (Å²) in [5.74, 6) is -1.73. The van der Waals surface area contributed by atoms with Crippen LogP contribution in [0.4, 0.5) is 19.0 Å². The summed E-state index contributed by atoms with van der Waals surface area (Å²) >= 11 is 0. The van der Waals surface area contributed by atoms with Gasteiger partial charge in [0.05, 0.1) is 11.3 Å².